The number of carbonyl (C=O) groups is 2. The van der Waals surface area contributed by atoms with Gasteiger partial charge in [-0.1, -0.05) is 30.3 Å². The largest absolute Gasteiger partial charge is 0.497 e. The molecule has 2 aromatic carbocycles. The van der Waals surface area contributed by atoms with E-state index < -0.39 is 12.0 Å². The molecule has 2 rings (SSSR count). The second-order valence-electron chi connectivity index (χ2n) is 5.47. The molecule has 0 spiro atoms. The van der Waals surface area contributed by atoms with Crippen LogP contribution in [0.3, 0.4) is 0 Å². The molecule has 6 nitrogen and oxygen atoms in total. The van der Waals surface area contributed by atoms with Crippen molar-refractivity contribution in [2.45, 2.75) is 18.9 Å². The molecule has 0 radical (unpaired) electrons. The summed E-state index contributed by atoms with van der Waals surface area (Å²) in [5.74, 6) is -0.148. The van der Waals surface area contributed by atoms with E-state index in [0.29, 0.717) is 23.5 Å². The van der Waals surface area contributed by atoms with Crippen LogP contribution in [0.15, 0.2) is 48.5 Å². The van der Waals surface area contributed by atoms with Gasteiger partial charge in [-0.05, 0) is 29.7 Å². The summed E-state index contributed by atoms with van der Waals surface area (Å²) >= 11 is 0. The van der Waals surface area contributed by atoms with Crippen LogP contribution < -0.4 is 14.8 Å². The third-order valence-corrected chi connectivity index (χ3v) is 3.74. The smallest absolute Gasteiger partial charge is 0.330 e. The van der Waals surface area contributed by atoms with Crippen LogP contribution in [0.4, 0.5) is 0 Å². The molecule has 2 N–H and O–H groups in total. The van der Waals surface area contributed by atoms with E-state index in [4.69, 9.17) is 9.47 Å². The Bertz CT molecular complexity index is 708. The first-order valence-electron chi connectivity index (χ1n) is 7.82. The molecule has 0 aliphatic heterocycles. The SMILES string of the molecule is COc1cc(CCC(=O)N[C@@H](C(=O)O)c2ccccc2)cc(OC)c1. The Morgan fingerprint density at radius 3 is 2.16 bits per heavy atom. The van der Waals surface area contributed by atoms with E-state index in [1.165, 1.54) is 0 Å². The third kappa shape index (κ3) is 5.24. The van der Waals surface area contributed by atoms with Gasteiger partial charge in [0.15, 0.2) is 6.04 Å². The number of aryl methyl sites for hydroxylation is 1. The minimum absolute atomic E-state index is 0.160. The first kappa shape index (κ1) is 18.3. The Morgan fingerprint density at radius 2 is 1.64 bits per heavy atom. The van der Waals surface area contributed by atoms with Gasteiger partial charge in [0.2, 0.25) is 5.91 Å². The monoisotopic (exact) mass is 343 g/mol. The quantitative estimate of drug-likeness (QED) is 0.769. The van der Waals surface area contributed by atoms with E-state index >= 15 is 0 Å². The Kier molecular flexibility index (Phi) is 6.39. The third-order valence-electron chi connectivity index (χ3n) is 3.74. The molecule has 6 heteroatoms. The topological polar surface area (TPSA) is 84.9 Å². The first-order chi connectivity index (χ1) is 12.0. The lowest BCUT2D eigenvalue weighted by atomic mass is 10.1. The second-order valence-corrected chi connectivity index (χ2v) is 5.47. The number of ether oxygens (including phenoxy) is 2. The molecule has 0 saturated heterocycles. The van der Waals surface area contributed by atoms with Crippen LogP contribution in [0.1, 0.15) is 23.6 Å². The average Bonchev–Trinajstić information content (AvgIpc) is 2.64. The number of carboxylic acids is 1. The van der Waals surface area contributed by atoms with Gasteiger partial charge >= 0.3 is 5.97 Å². The van der Waals surface area contributed by atoms with Crippen LogP contribution in [-0.4, -0.2) is 31.2 Å². The average molecular weight is 343 g/mol. The lowest BCUT2D eigenvalue weighted by Gasteiger charge is -2.15. The van der Waals surface area contributed by atoms with Crippen molar-refractivity contribution in [1.29, 1.82) is 0 Å². The second kappa shape index (κ2) is 8.73. The minimum atomic E-state index is -1.09. The van der Waals surface area contributed by atoms with Crippen LogP contribution in [0, 0.1) is 0 Å². The van der Waals surface area contributed by atoms with Gasteiger partial charge in [-0.25, -0.2) is 4.79 Å². The lowest BCUT2D eigenvalue weighted by molar-refractivity contribution is -0.142. The van der Waals surface area contributed by atoms with Gasteiger partial charge in [-0.3, -0.25) is 4.79 Å². The summed E-state index contributed by atoms with van der Waals surface area (Å²) in [5, 5.41) is 11.9. The van der Waals surface area contributed by atoms with Gasteiger partial charge in [0.25, 0.3) is 0 Å². The Balaban J connectivity index is 2.01. The number of amides is 1. The van der Waals surface area contributed by atoms with E-state index in [2.05, 4.69) is 5.32 Å². The molecule has 25 heavy (non-hydrogen) atoms. The Labute approximate surface area is 146 Å². The summed E-state index contributed by atoms with van der Waals surface area (Å²) in [6, 6.07) is 12.9. The van der Waals surface area contributed by atoms with Gasteiger partial charge < -0.3 is 19.9 Å². The van der Waals surface area contributed by atoms with Crippen molar-refractivity contribution in [3.05, 3.63) is 59.7 Å². The van der Waals surface area contributed by atoms with E-state index in [1.54, 1.807) is 50.6 Å². The highest BCUT2D eigenvalue weighted by molar-refractivity contribution is 5.84. The summed E-state index contributed by atoms with van der Waals surface area (Å²) in [6.07, 6.45) is 0.605. The standard InChI is InChI=1S/C19H21NO5/c1-24-15-10-13(11-16(12-15)25-2)8-9-17(21)20-18(19(22)23)14-6-4-3-5-7-14/h3-7,10-12,18H,8-9H2,1-2H3,(H,20,21)(H,22,23)/t18-/m1/s1. The maximum Gasteiger partial charge on any atom is 0.330 e. The van der Waals surface area contributed by atoms with Gasteiger partial charge in [-0.2, -0.15) is 0 Å². The molecule has 0 saturated carbocycles. The molecule has 2 aromatic rings. The highest BCUT2D eigenvalue weighted by Crippen LogP contribution is 2.23. The molecular formula is C19H21NO5. The van der Waals surface area contributed by atoms with E-state index in [0.717, 1.165) is 5.56 Å². The maximum atomic E-state index is 12.2. The number of nitrogens with one attached hydrogen (secondary N) is 1. The summed E-state index contributed by atoms with van der Waals surface area (Å²) < 4.78 is 10.4. The van der Waals surface area contributed by atoms with E-state index in [1.807, 2.05) is 12.1 Å². The van der Waals surface area contributed by atoms with Crippen molar-refractivity contribution >= 4 is 11.9 Å². The van der Waals surface area contributed by atoms with Crippen molar-refractivity contribution in [1.82, 2.24) is 5.32 Å². The molecule has 0 unspecified atom stereocenters. The van der Waals surface area contributed by atoms with Crippen LogP contribution in [0.25, 0.3) is 0 Å². The van der Waals surface area contributed by atoms with Crippen LogP contribution in [0.2, 0.25) is 0 Å². The molecule has 0 aromatic heterocycles. The van der Waals surface area contributed by atoms with Crippen molar-refractivity contribution < 1.29 is 24.2 Å². The Morgan fingerprint density at radius 1 is 1.04 bits per heavy atom. The van der Waals surface area contributed by atoms with Gasteiger partial charge in [0.05, 0.1) is 14.2 Å². The molecule has 0 fully saturated rings. The number of hydrogen-bond acceptors (Lipinski definition) is 4. The fraction of sp³-hybridized carbons (Fsp3) is 0.263. The zero-order chi connectivity index (χ0) is 18.2. The number of rotatable bonds is 8. The summed E-state index contributed by atoms with van der Waals surface area (Å²) in [7, 11) is 3.12. The molecule has 0 bridgehead atoms. The molecule has 0 aliphatic carbocycles. The van der Waals surface area contributed by atoms with Gasteiger partial charge in [0.1, 0.15) is 11.5 Å². The number of carboxylic acid groups (broad SMARTS) is 1. The van der Waals surface area contributed by atoms with Crippen molar-refractivity contribution in [2.24, 2.45) is 0 Å². The Hall–Kier alpha value is -3.02. The lowest BCUT2D eigenvalue weighted by Crippen LogP contribution is -2.33. The predicted molar refractivity (Wildman–Crippen MR) is 92.8 cm³/mol. The summed E-state index contributed by atoms with van der Waals surface area (Å²) in [6.45, 7) is 0. The summed E-state index contributed by atoms with van der Waals surface area (Å²) in [4.78, 5) is 23.6. The van der Waals surface area contributed by atoms with Gasteiger partial charge in [0, 0.05) is 12.5 Å². The van der Waals surface area contributed by atoms with Crippen LogP contribution >= 0.6 is 0 Å². The fourth-order valence-electron chi connectivity index (χ4n) is 2.43. The highest BCUT2D eigenvalue weighted by Gasteiger charge is 2.21. The van der Waals surface area contributed by atoms with Crippen molar-refractivity contribution in [3.8, 4) is 11.5 Å². The zero-order valence-corrected chi connectivity index (χ0v) is 14.2. The van der Waals surface area contributed by atoms with Crippen molar-refractivity contribution in [3.63, 3.8) is 0 Å². The fourth-order valence-corrected chi connectivity index (χ4v) is 2.43. The number of hydrogen-bond donors (Lipinski definition) is 2. The van der Waals surface area contributed by atoms with Crippen LogP contribution in [0.5, 0.6) is 11.5 Å². The number of methoxy groups -OCH3 is 2. The minimum Gasteiger partial charge on any atom is -0.497 e. The normalized spacial score (nSPS) is 11.4. The highest BCUT2D eigenvalue weighted by atomic mass is 16.5. The van der Waals surface area contributed by atoms with Gasteiger partial charge in [-0.15, -0.1) is 0 Å². The molecule has 1 amide bonds. The molecular weight excluding hydrogens is 322 g/mol. The van der Waals surface area contributed by atoms with Crippen molar-refractivity contribution in [2.75, 3.05) is 14.2 Å². The number of aliphatic carboxylic acids is 1. The predicted octanol–water partition coefficient (Wildman–Crippen LogP) is 2.58. The molecule has 0 aliphatic rings. The molecule has 0 heterocycles. The summed E-state index contributed by atoms with van der Waals surface area (Å²) in [5.41, 5.74) is 1.41. The van der Waals surface area contributed by atoms with E-state index in [9.17, 15) is 14.7 Å². The maximum absolute atomic E-state index is 12.2. The first-order valence-corrected chi connectivity index (χ1v) is 7.82. The van der Waals surface area contributed by atoms with E-state index in [-0.39, 0.29) is 12.3 Å². The molecule has 132 valence electrons. The van der Waals surface area contributed by atoms with Crippen LogP contribution in [-0.2, 0) is 16.0 Å². The zero-order valence-electron chi connectivity index (χ0n) is 14.2. The molecule has 1 atom stereocenters. The number of carbonyl (C=O) groups excluding carboxylic acids is 1. The number of benzene rings is 2.